The zero-order valence-corrected chi connectivity index (χ0v) is 9.95. The third kappa shape index (κ3) is 2.58. The highest BCUT2D eigenvalue weighted by atomic mass is 16.5. The van der Waals surface area contributed by atoms with Gasteiger partial charge in [0, 0.05) is 25.0 Å². The van der Waals surface area contributed by atoms with E-state index in [2.05, 4.69) is 12.0 Å². The van der Waals surface area contributed by atoms with Gasteiger partial charge in [-0.3, -0.25) is 4.68 Å². The Balaban J connectivity index is 2.85. The molecule has 4 heteroatoms. The first-order chi connectivity index (χ1) is 7.11. The van der Waals surface area contributed by atoms with Crippen molar-refractivity contribution in [3.05, 3.63) is 17.0 Å². The maximum absolute atomic E-state index is 9.19. The summed E-state index contributed by atoms with van der Waals surface area (Å²) in [6.07, 6.45) is 0.934. The van der Waals surface area contributed by atoms with E-state index in [-0.39, 0.29) is 6.61 Å². The van der Waals surface area contributed by atoms with Gasteiger partial charge in [-0.15, -0.1) is 0 Å². The van der Waals surface area contributed by atoms with E-state index in [1.54, 1.807) is 7.11 Å². The van der Waals surface area contributed by atoms with Gasteiger partial charge < -0.3 is 9.84 Å². The van der Waals surface area contributed by atoms with E-state index in [0.29, 0.717) is 6.04 Å². The normalized spacial score (nSPS) is 13.1. The molecule has 0 aliphatic carbocycles. The van der Waals surface area contributed by atoms with Gasteiger partial charge in [-0.25, -0.2) is 0 Å². The summed E-state index contributed by atoms with van der Waals surface area (Å²) in [5, 5.41) is 13.6. The molecule has 0 amide bonds. The fraction of sp³-hybridized carbons (Fsp3) is 0.727. The quantitative estimate of drug-likeness (QED) is 0.806. The highest BCUT2D eigenvalue weighted by Crippen LogP contribution is 2.19. The first kappa shape index (κ1) is 12.2. The molecular formula is C11H20N2O2. The number of nitrogens with zero attached hydrogens (tertiary/aromatic N) is 2. The van der Waals surface area contributed by atoms with Crippen LogP contribution in [0.5, 0.6) is 0 Å². The lowest BCUT2D eigenvalue weighted by Gasteiger charge is -2.13. The lowest BCUT2D eigenvalue weighted by molar-refractivity contribution is 0.178. The van der Waals surface area contributed by atoms with E-state index >= 15 is 0 Å². The van der Waals surface area contributed by atoms with Crippen LogP contribution in [-0.2, 0) is 11.3 Å². The predicted octanol–water partition coefficient (Wildman–Crippen LogP) is 1.59. The summed E-state index contributed by atoms with van der Waals surface area (Å²) < 4.78 is 7.02. The summed E-state index contributed by atoms with van der Waals surface area (Å²) in [4.78, 5) is 0. The molecule has 1 unspecified atom stereocenters. The van der Waals surface area contributed by atoms with Crippen LogP contribution in [0.25, 0.3) is 0 Å². The van der Waals surface area contributed by atoms with Crippen molar-refractivity contribution in [1.82, 2.24) is 9.78 Å². The molecule has 0 bridgehead atoms. The molecule has 1 aromatic heterocycles. The second-order valence-electron chi connectivity index (χ2n) is 3.88. The third-order valence-corrected chi connectivity index (χ3v) is 2.79. The van der Waals surface area contributed by atoms with Crippen molar-refractivity contribution in [1.29, 1.82) is 0 Å². The summed E-state index contributed by atoms with van der Waals surface area (Å²) in [6.45, 7) is 6.83. The predicted molar refractivity (Wildman–Crippen MR) is 58.8 cm³/mol. The standard InChI is InChI=1S/C11H20N2O2/c1-8(5-6-15-4)13-10(3)11(7-14)9(2)12-13/h8,14H,5-7H2,1-4H3. The minimum atomic E-state index is 0.0642. The first-order valence-corrected chi connectivity index (χ1v) is 5.26. The summed E-state index contributed by atoms with van der Waals surface area (Å²) >= 11 is 0. The molecule has 0 saturated heterocycles. The van der Waals surface area contributed by atoms with Gasteiger partial charge in [0.15, 0.2) is 0 Å². The molecule has 86 valence electrons. The molecular weight excluding hydrogens is 192 g/mol. The maximum Gasteiger partial charge on any atom is 0.0718 e. The molecule has 0 aromatic carbocycles. The Morgan fingerprint density at radius 1 is 1.47 bits per heavy atom. The Labute approximate surface area is 90.9 Å². The van der Waals surface area contributed by atoms with Gasteiger partial charge in [0.05, 0.1) is 18.3 Å². The summed E-state index contributed by atoms with van der Waals surface area (Å²) in [5.74, 6) is 0. The van der Waals surface area contributed by atoms with Gasteiger partial charge in [0.1, 0.15) is 0 Å². The topological polar surface area (TPSA) is 47.3 Å². The van der Waals surface area contributed by atoms with Crippen LogP contribution in [0, 0.1) is 13.8 Å². The van der Waals surface area contributed by atoms with Crippen LogP contribution >= 0.6 is 0 Å². The van der Waals surface area contributed by atoms with Gasteiger partial charge in [0.25, 0.3) is 0 Å². The summed E-state index contributed by atoms with van der Waals surface area (Å²) in [6, 6.07) is 0.309. The SMILES string of the molecule is COCCC(C)n1nc(C)c(CO)c1C. The Morgan fingerprint density at radius 2 is 2.13 bits per heavy atom. The van der Waals surface area contributed by atoms with Crippen molar-refractivity contribution in [2.24, 2.45) is 0 Å². The van der Waals surface area contributed by atoms with Crippen molar-refractivity contribution in [3.8, 4) is 0 Å². The van der Waals surface area contributed by atoms with Crippen LogP contribution in [0.1, 0.15) is 36.3 Å². The fourth-order valence-corrected chi connectivity index (χ4v) is 1.77. The van der Waals surface area contributed by atoms with Crippen molar-refractivity contribution in [2.75, 3.05) is 13.7 Å². The molecule has 0 saturated carbocycles. The second-order valence-corrected chi connectivity index (χ2v) is 3.88. The Bertz CT molecular complexity index is 321. The zero-order chi connectivity index (χ0) is 11.4. The molecule has 4 nitrogen and oxygen atoms in total. The number of hydrogen-bond acceptors (Lipinski definition) is 3. The second kappa shape index (κ2) is 5.28. The Hall–Kier alpha value is -0.870. The fourth-order valence-electron chi connectivity index (χ4n) is 1.77. The molecule has 0 aliphatic heterocycles. The van der Waals surface area contributed by atoms with E-state index in [4.69, 9.17) is 4.74 Å². The average Bonchev–Trinajstić information content (AvgIpc) is 2.50. The molecule has 1 atom stereocenters. The van der Waals surface area contributed by atoms with E-state index in [9.17, 15) is 5.11 Å². The largest absolute Gasteiger partial charge is 0.392 e. The Morgan fingerprint density at radius 3 is 2.60 bits per heavy atom. The molecule has 15 heavy (non-hydrogen) atoms. The number of aromatic nitrogens is 2. The van der Waals surface area contributed by atoms with Crippen LogP contribution in [-0.4, -0.2) is 28.6 Å². The lowest BCUT2D eigenvalue weighted by Crippen LogP contribution is -2.11. The molecule has 0 aliphatic rings. The van der Waals surface area contributed by atoms with Crippen molar-refractivity contribution >= 4 is 0 Å². The van der Waals surface area contributed by atoms with E-state index in [0.717, 1.165) is 30.0 Å². The number of rotatable bonds is 5. The molecule has 0 radical (unpaired) electrons. The minimum Gasteiger partial charge on any atom is -0.392 e. The molecule has 1 heterocycles. The van der Waals surface area contributed by atoms with Crippen LogP contribution < -0.4 is 0 Å². The number of ether oxygens (including phenoxy) is 1. The van der Waals surface area contributed by atoms with Gasteiger partial charge in [0.2, 0.25) is 0 Å². The molecule has 0 spiro atoms. The Kier molecular flexibility index (Phi) is 4.29. The van der Waals surface area contributed by atoms with Gasteiger partial charge in [-0.1, -0.05) is 0 Å². The van der Waals surface area contributed by atoms with Gasteiger partial charge >= 0.3 is 0 Å². The number of aliphatic hydroxyl groups is 1. The molecule has 1 rings (SSSR count). The van der Waals surface area contributed by atoms with Crippen LogP contribution in [0.3, 0.4) is 0 Å². The number of hydrogen-bond donors (Lipinski definition) is 1. The zero-order valence-electron chi connectivity index (χ0n) is 9.95. The molecule has 1 aromatic rings. The van der Waals surface area contributed by atoms with Crippen LogP contribution in [0.15, 0.2) is 0 Å². The smallest absolute Gasteiger partial charge is 0.0718 e. The molecule has 0 fully saturated rings. The summed E-state index contributed by atoms with van der Waals surface area (Å²) in [7, 11) is 1.70. The van der Waals surface area contributed by atoms with E-state index in [1.807, 2.05) is 18.5 Å². The van der Waals surface area contributed by atoms with Crippen molar-refractivity contribution in [3.63, 3.8) is 0 Å². The van der Waals surface area contributed by atoms with Crippen molar-refractivity contribution in [2.45, 2.75) is 39.8 Å². The third-order valence-electron chi connectivity index (χ3n) is 2.79. The minimum absolute atomic E-state index is 0.0642. The number of aliphatic hydroxyl groups excluding tert-OH is 1. The van der Waals surface area contributed by atoms with Crippen LogP contribution in [0.2, 0.25) is 0 Å². The maximum atomic E-state index is 9.19. The van der Waals surface area contributed by atoms with Crippen molar-refractivity contribution < 1.29 is 9.84 Å². The average molecular weight is 212 g/mol. The highest BCUT2D eigenvalue weighted by molar-refractivity contribution is 5.23. The monoisotopic (exact) mass is 212 g/mol. The molecule has 1 N–H and O–H groups in total. The highest BCUT2D eigenvalue weighted by Gasteiger charge is 2.14. The number of aryl methyl sites for hydroxylation is 1. The lowest BCUT2D eigenvalue weighted by atomic mass is 10.2. The van der Waals surface area contributed by atoms with Gasteiger partial charge in [-0.05, 0) is 27.2 Å². The van der Waals surface area contributed by atoms with E-state index in [1.165, 1.54) is 0 Å². The van der Waals surface area contributed by atoms with Crippen LogP contribution in [0.4, 0.5) is 0 Å². The number of methoxy groups -OCH3 is 1. The van der Waals surface area contributed by atoms with Gasteiger partial charge in [-0.2, -0.15) is 5.10 Å². The summed E-state index contributed by atoms with van der Waals surface area (Å²) in [5.41, 5.74) is 2.91. The first-order valence-electron chi connectivity index (χ1n) is 5.26. The van der Waals surface area contributed by atoms with E-state index < -0.39 is 0 Å².